The lowest BCUT2D eigenvalue weighted by Crippen LogP contribution is -2.46. The number of amides is 2. The summed E-state index contributed by atoms with van der Waals surface area (Å²) in [5.41, 5.74) is 5.48. The highest BCUT2D eigenvalue weighted by atomic mass is 32.2. The molecule has 28 heteroatoms. The molecule has 7 atom stereocenters. The number of nitrogen functional groups attached to an aromatic ring is 1. The summed E-state index contributed by atoms with van der Waals surface area (Å²) in [7, 11) is -16.4. The molecule has 334 valence electrons. The minimum Gasteiger partial charge on any atom is -0.386 e. The van der Waals surface area contributed by atoms with Crippen molar-refractivity contribution in [3.8, 4) is 0 Å². The normalized spacial score (nSPS) is 20.9. The van der Waals surface area contributed by atoms with Crippen molar-refractivity contribution in [3.05, 3.63) is 48.5 Å². The van der Waals surface area contributed by atoms with Crippen LogP contribution in [0.2, 0.25) is 0 Å². The second-order valence-corrected chi connectivity index (χ2v) is 19.4. The van der Waals surface area contributed by atoms with Crippen LogP contribution in [0.25, 0.3) is 11.2 Å². The Hall–Kier alpha value is -3.22. The molecule has 0 saturated carbocycles. The molecule has 4 rings (SSSR count). The summed E-state index contributed by atoms with van der Waals surface area (Å²) in [5, 5.41) is 26.5. The van der Waals surface area contributed by atoms with E-state index in [-0.39, 0.29) is 41.6 Å². The van der Waals surface area contributed by atoms with Crippen LogP contribution in [0.15, 0.2) is 43.0 Å². The number of phosphoric ester groups is 3. The van der Waals surface area contributed by atoms with Gasteiger partial charge in [-0.05, 0) is 24.8 Å². The summed E-state index contributed by atoms with van der Waals surface area (Å²) in [5.74, 6) is -1.08. The fraction of sp³-hybridized carbons (Fsp3) is 0.562. The van der Waals surface area contributed by atoms with Gasteiger partial charge in [-0.2, -0.15) is 4.31 Å². The standard InChI is InChI=1S/C32H48N7O17P3S/c1-32(2,27(43)30(44)35-13-12-22(40)34-14-15-60-23(41)11-7-6-10-20-8-4-3-5-9-20)17-53-59(50,51)56-58(48,49)52-16-21-26(55-57(45,46)47)25(42)31(54-21)39-19-38-24-28(33)36-18-37-29(24)39/h3-5,8-9,18-19,21,25-27,31,42-43H,6-7,10-17H2,1-2H3,(H,34,40)(H,35,44)(H,48,49)(H,50,51)(H2,33,36,37)(H2,45,46,47)/t21-,25-,26-,27+,31-/m1/s1. The third-order valence-corrected chi connectivity index (χ3v) is 12.7. The summed E-state index contributed by atoms with van der Waals surface area (Å²) < 4.78 is 62.2. The zero-order valence-electron chi connectivity index (χ0n) is 32.3. The number of anilines is 1. The van der Waals surface area contributed by atoms with E-state index < -0.39 is 84.6 Å². The number of aryl methyl sites for hydroxylation is 1. The van der Waals surface area contributed by atoms with E-state index in [2.05, 4.69) is 34.4 Å². The van der Waals surface area contributed by atoms with E-state index in [4.69, 9.17) is 19.5 Å². The van der Waals surface area contributed by atoms with Crippen LogP contribution in [0.3, 0.4) is 0 Å². The Labute approximate surface area is 347 Å². The summed E-state index contributed by atoms with van der Waals surface area (Å²) in [6.07, 6.45) is -3.96. The molecule has 24 nitrogen and oxygen atoms in total. The van der Waals surface area contributed by atoms with Gasteiger partial charge in [0.05, 0.1) is 19.5 Å². The van der Waals surface area contributed by atoms with Gasteiger partial charge in [0.15, 0.2) is 22.8 Å². The molecule has 3 aromatic rings. The molecule has 10 N–H and O–H groups in total. The van der Waals surface area contributed by atoms with E-state index in [0.29, 0.717) is 12.2 Å². The Morgan fingerprint density at radius 1 is 0.983 bits per heavy atom. The molecule has 60 heavy (non-hydrogen) atoms. The second-order valence-electron chi connectivity index (χ2n) is 14.0. The number of rotatable bonds is 24. The number of ether oxygens (including phenoxy) is 1. The fourth-order valence-electron chi connectivity index (χ4n) is 5.61. The first-order valence-corrected chi connectivity index (χ1v) is 23.7. The van der Waals surface area contributed by atoms with Crippen LogP contribution in [-0.2, 0) is 57.1 Å². The highest BCUT2D eigenvalue weighted by Gasteiger charge is 2.50. The van der Waals surface area contributed by atoms with Crippen LogP contribution >= 0.6 is 35.2 Å². The zero-order chi connectivity index (χ0) is 44.3. The number of hydrogen-bond acceptors (Lipinski definition) is 18. The smallest absolute Gasteiger partial charge is 0.386 e. The Morgan fingerprint density at radius 3 is 2.38 bits per heavy atom. The predicted molar refractivity (Wildman–Crippen MR) is 211 cm³/mol. The number of fused-ring (bicyclic) bond motifs is 1. The molecule has 2 aromatic heterocycles. The SMILES string of the molecule is CC(C)(COP(=O)(O)OP(=O)(O)OC[C@H]1O[C@@H](n2cnc3c(N)ncnc32)[C@H](O)[C@@H]1OP(=O)(O)O)[C@@H](O)C(=O)NCCC(=O)NCCSC(=O)CCCCc1ccccc1. The van der Waals surface area contributed by atoms with Crippen molar-refractivity contribution in [2.24, 2.45) is 5.41 Å². The Bertz CT molecular complexity index is 2080. The largest absolute Gasteiger partial charge is 0.481 e. The topological polar surface area (TPSA) is 364 Å². The van der Waals surface area contributed by atoms with Crippen LogP contribution in [0, 0.1) is 5.41 Å². The van der Waals surface area contributed by atoms with Crippen LogP contribution in [-0.4, -0.2) is 123 Å². The van der Waals surface area contributed by atoms with Gasteiger partial charge in [-0.25, -0.2) is 28.6 Å². The summed E-state index contributed by atoms with van der Waals surface area (Å²) in [4.78, 5) is 88.0. The van der Waals surface area contributed by atoms with Gasteiger partial charge in [0.1, 0.15) is 36.3 Å². The number of aliphatic hydroxyl groups excluding tert-OH is 2. The molecule has 1 aliphatic heterocycles. The Kier molecular flexibility index (Phi) is 17.9. The summed E-state index contributed by atoms with van der Waals surface area (Å²) in [6, 6.07) is 9.95. The highest BCUT2D eigenvalue weighted by molar-refractivity contribution is 8.13. The molecule has 0 radical (unpaired) electrons. The molecule has 1 aliphatic rings. The van der Waals surface area contributed by atoms with E-state index in [1.165, 1.54) is 19.4 Å². The maximum Gasteiger partial charge on any atom is 0.481 e. The molecular weight excluding hydrogens is 879 g/mol. The minimum absolute atomic E-state index is 0.0224. The van der Waals surface area contributed by atoms with Crippen LogP contribution in [0.4, 0.5) is 5.82 Å². The van der Waals surface area contributed by atoms with Crippen molar-refractivity contribution >= 4 is 69.1 Å². The number of benzene rings is 1. The molecule has 0 bridgehead atoms. The molecule has 0 aliphatic carbocycles. The number of carbonyl (C=O) groups is 3. The average molecular weight is 928 g/mol. The fourth-order valence-corrected chi connectivity index (χ4v) is 9.16. The van der Waals surface area contributed by atoms with Crippen molar-refractivity contribution in [2.75, 3.05) is 37.8 Å². The number of nitrogens with two attached hydrogens (primary N) is 1. The van der Waals surface area contributed by atoms with Crippen LogP contribution < -0.4 is 16.4 Å². The van der Waals surface area contributed by atoms with Gasteiger partial charge < -0.3 is 50.9 Å². The van der Waals surface area contributed by atoms with Gasteiger partial charge in [-0.1, -0.05) is 55.9 Å². The van der Waals surface area contributed by atoms with Crippen molar-refractivity contribution in [1.29, 1.82) is 0 Å². The molecule has 2 amide bonds. The van der Waals surface area contributed by atoms with E-state index in [1.54, 1.807) is 0 Å². The lowest BCUT2D eigenvalue weighted by atomic mass is 9.87. The van der Waals surface area contributed by atoms with E-state index in [9.17, 15) is 57.9 Å². The van der Waals surface area contributed by atoms with E-state index in [0.717, 1.165) is 48.2 Å². The van der Waals surface area contributed by atoms with Crippen LogP contribution in [0.1, 0.15) is 51.3 Å². The number of carbonyl (C=O) groups excluding carboxylic acids is 3. The number of nitrogens with zero attached hydrogens (tertiary/aromatic N) is 4. The second kappa shape index (κ2) is 21.7. The summed E-state index contributed by atoms with van der Waals surface area (Å²) in [6.45, 7) is 0.520. The van der Waals surface area contributed by atoms with Gasteiger partial charge in [0.2, 0.25) is 11.8 Å². The molecule has 1 saturated heterocycles. The molecule has 0 spiro atoms. The van der Waals surface area contributed by atoms with E-state index in [1.807, 2.05) is 30.3 Å². The number of unbranched alkanes of at least 4 members (excludes halogenated alkanes) is 1. The maximum atomic E-state index is 12.7. The van der Waals surface area contributed by atoms with Crippen molar-refractivity contribution < 1.29 is 80.5 Å². The number of aromatic nitrogens is 4. The maximum absolute atomic E-state index is 12.7. The highest BCUT2D eigenvalue weighted by Crippen LogP contribution is 2.61. The first kappa shape index (κ1) is 49.4. The number of hydrogen-bond donors (Lipinski definition) is 9. The van der Waals surface area contributed by atoms with Gasteiger partial charge in [-0.15, -0.1) is 0 Å². The molecule has 1 fully saturated rings. The number of imidazole rings is 1. The number of phosphoric acid groups is 3. The Balaban J connectivity index is 1.17. The number of thioether (sulfide) groups is 1. The first-order valence-electron chi connectivity index (χ1n) is 18.2. The molecular formula is C32H48N7O17P3S. The molecule has 1 aromatic carbocycles. The minimum atomic E-state index is -5.57. The lowest BCUT2D eigenvalue weighted by molar-refractivity contribution is -0.137. The van der Waals surface area contributed by atoms with Gasteiger partial charge in [0.25, 0.3) is 0 Å². The number of aliphatic hydroxyl groups is 2. The van der Waals surface area contributed by atoms with Gasteiger partial charge in [0, 0.05) is 37.1 Å². The van der Waals surface area contributed by atoms with E-state index >= 15 is 0 Å². The van der Waals surface area contributed by atoms with Crippen molar-refractivity contribution in [1.82, 2.24) is 30.2 Å². The quantitative estimate of drug-likeness (QED) is 0.0448. The number of nitrogens with one attached hydrogen (secondary N) is 2. The van der Waals surface area contributed by atoms with Gasteiger partial charge >= 0.3 is 23.5 Å². The predicted octanol–water partition coefficient (Wildman–Crippen LogP) is 1.08. The Morgan fingerprint density at radius 2 is 1.68 bits per heavy atom. The zero-order valence-corrected chi connectivity index (χ0v) is 35.8. The summed E-state index contributed by atoms with van der Waals surface area (Å²) >= 11 is 1.12. The monoisotopic (exact) mass is 927 g/mol. The average Bonchev–Trinajstić information content (AvgIpc) is 3.73. The third-order valence-electron chi connectivity index (χ3n) is 8.70. The van der Waals surface area contributed by atoms with Gasteiger partial charge in [-0.3, -0.25) is 32.5 Å². The van der Waals surface area contributed by atoms with Crippen molar-refractivity contribution in [2.45, 2.75) is 76.6 Å². The lowest BCUT2D eigenvalue weighted by Gasteiger charge is -2.30. The first-order chi connectivity index (χ1) is 28.1. The van der Waals surface area contributed by atoms with Crippen molar-refractivity contribution in [3.63, 3.8) is 0 Å². The molecule has 2 unspecified atom stereocenters. The van der Waals surface area contributed by atoms with Crippen LogP contribution in [0.5, 0.6) is 0 Å². The molecule has 3 heterocycles. The third kappa shape index (κ3) is 15.3.